The first kappa shape index (κ1) is 19.9. The summed E-state index contributed by atoms with van der Waals surface area (Å²) in [6.45, 7) is 9.06. The summed E-state index contributed by atoms with van der Waals surface area (Å²) in [6, 6.07) is 9.69. The third-order valence-corrected chi connectivity index (χ3v) is 3.18. The molecule has 0 aromatic heterocycles. The van der Waals surface area contributed by atoms with Crippen molar-refractivity contribution in [1.82, 2.24) is 0 Å². The van der Waals surface area contributed by atoms with Crippen molar-refractivity contribution >= 4 is 0 Å². The van der Waals surface area contributed by atoms with E-state index < -0.39 is 6.29 Å². The third kappa shape index (κ3) is 9.56. The molecule has 0 fully saturated rings. The Balaban J connectivity index is 2.12. The second-order valence-corrected chi connectivity index (χ2v) is 5.73. The first-order chi connectivity index (χ1) is 11.0. The normalized spacial score (nSPS) is 16.6. The molecule has 1 aromatic carbocycles. The van der Waals surface area contributed by atoms with Gasteiger partial charge in [0.05, 0.1) is 32.0 Å². The molecule has 1 aromatic rings. The fourth-order valence-corrected chi connectivity index (χ4v) is 1.83. The van der Waals surface area contributed by atoms with E-state index in [1.807, 2.05) is 58.0 Å². The first-order valence-electron chi connectivity index (χ1n) is 8.25. The Bertz CT molecular complexity index is 398. The van der Waals surface area contributed by atoms with Crippen LogP contribution >= 0.6 is 0 Å². The molecule has 0 amide bonds. The lowest BCUT2D eigenvalue weighted by Gasteiger charge is -2.21. The molecule has 4 unspecified atom stereocenters. The molecule has 0 aliphatic carbocycles. The smallest absolute Gasteiger partial charge is 0.154 e. The molecule has 0 saturated heterocycles. The van der Waals surface area contributed by atoms with Crippen molar-refractivity contribution in [2.24, 2.45) is 0 Å². The number of aliphatic hydroxyl groups is 1. The minimum absolute atomic E-state index is 0.0275. The lowest BCUT2D eigenvalue weighted by molar-refractivity contribution is -0.136. The van der Waals surface area contributed by atoms with Crippen LogP contribution < -0.4 is 4.74 Å². The lowest BCUT2D eigenvalue weighted by Crippen LogP contribution is -2.28. The number of aliphatic hydroxyl groups excluding tert-OH is 1. The van der Waals surface area contributed by atoms with Crippen LogP contribution in [0.1, 0.15) is 34.1 Å². The molecule has 1 rings (SSSR count). The van der Waals surface area contributed by atoms with Gasteiger partial charge >= 0.3 is 0 Å². The Morgan fingerprint density at radius 1 is 0.826 bits per heavy atom. The van der Waals surface area contributed by atoms with Crippen LogP contribution in [0.3, 0.4) is 0 Å². The fourth-order valence-electron chi connectivity index (χ4n) is 1.83. The predicted molar refractivity (Wildman–Crippen MR) is 89.6 cm³/mol. The molecule has 0 spiro atoms. The van der Waals surface area contributed by atoms with Crippen molar-refractivity contribution in [2.45, 2.75) is 58.7 Å². The van der Waals surface area contributed by atoms with Crippen LogP contribution in [0.15, 0.2) is 30.3 Å². The van der Waals surface area contributed by atoms with Gasteiger partial charge in [-0.2, -0.15) is 0 Å². The van der Waals surface area contributed by atoms with E-state index >= 15 is 0 Å². The number of ether oxygens (including phenoxy) is 4. The highest BCUT2D eigenvalue weighted by molar-refractivity contribution is 5.21. The highest BCUT2D eigenvalue weighted by atomic mass is 16.6. The van der Waals surface area contributed by atoms with Crippen LogP contribution in [0, 0.1) is 0 Å². The van der Waals surface area contributed by atoms with E-state index in [1.54, 1.807) is 0 Å². The molecule has 0 bridgehead atoms. The van der Waals surface area contributed by atoms with Gasteiger partial charge in [0, 0.05) is 0 Å². The maximum Gasteiger partial charge on any atom is 0.154 e. The maximum absolute atomic E-state index is 9.33. The predicted octanol–water partition coefficient (Wildman–Crippen LogP) is 3.01. The topological polar surface area (TPSA) is 57.2 Å². The minimum atomic E-state index is -0.717. The van der Waals surface area contributed by atoms with Gasteiger partial charge in [0.15, 0.2) is 6.29 Å². The van der Waals surface area contributed by atoms with E-state index in [1.165, 1.54) is 0 Å². The Morgan fingerprint density at radius 3 is 1.91 bits per heavy atom. The average molecular weight is 326 g/mol. The quantitative estimate of drug-likeness (QED) is 0.598. The van der Waals surface area contributed by atoms with Crippen LogP contribution in [0.5, 0.6) is 5.75 Å². The van der Waals surface area contributed by atoms with Gasteiger partial charge in [-0.3, -0.25) is 0 Å². The van der Waals surface area contributed by atoms with Gasteiger partial charge in [-0.25, -0.2) is 0 Å². The van der Waals surface area contributed by atoms with Crippen molar-refractivity contribution in [3.05, 3.63) is 30.3 Å². The molecule has 0 saturated carbocycles. The number of hydrogen-bond acceptors (Lipinski definition) is 5. The van der Waals surface area contributed by atoms with E-state index in [0.29, 0.717) is 26.2 Å². The largest absolute Gasteiger partial charge is 0.488 e. The third-order valence-electron chi connectivity index (χ3n) is 3.18. The Hall–Kier alpha value is -1.14. The van der Waals surface area contributed by atoms with Crippen molar-refractivity contribution in [2.75, 3.05) is 19.8 Å². The van der Waals surface area contributed by atoms with Crippen LogP contribution in [0.4, 0.5) is 0 Å². The van der Waals surface area contributed by atoms with E-state index in [0.717, 1.165) is 5.75 Å². The number of rotatable bonds is 12. The van der Waals surface area contributed by atoms with Crippen LogP contribution in [-0.4, -0.2) is 49.5 Å². The van der Waals surface area contributed by atoms with Crippen LogP contribution in [-0.2, 0) is 14.2 Å². The standard InChI is InChI=1S/C18H30O5/c1-5-18(19)22-12-15(3)20-11-14(2)21-13-16(4)23-17-9-7-6-8-10-17/h6-10,14-16,18-19H,5,11-13H2,1-4H3. The summed E-state index contributed by atoms with van der Waals surface area (Å²) in [4.78, 5) is 0. The van der Waals surface area contributed by atoms with Gasteiger partial charge in [0.1, 0.15) is 11.9 Å². The van der Waals surface area contributed by atoms with Crippen molar-refractivity contribution in [1.29, 1.82) is 0 Å². The SMILES string of the molecule is CCC(O)OCC(C)OCC(C)OCC(C)Oc1ccccc1. The molecular formula is C18H30O5. The van der Waals surface area contributed by atoms with Crippen LogP contribution in [0.2, 0.25) is 0 Å². The fraction of sp³-hybridized carbons (Fsp3) is 0.667. The zero-order chi connectivity index (χ0) is 17.1. The molecule has 132 valence electrons. The highest BCUT2D eigenvalue weighted by Crippen LogP contribution is 2.11. The number of para-hydroxylation sites is 1. The van der Waals surface area contributed by atoms with E-state index in [9.17, 15) is 5.11 Å². The van der Waals surface area contributed by atoms with E-state index in [2.05, 4.69) is 0 Å². The second kappa shape index (κ2) is 11.4. The molecule has 23 heavy (non-hydrogen) atoms. The Morgan fingerprint density at radius 2 is 1.35 bits per heavy atom. The minimum Gasteiger partial charge on any atom is -0.488 e. The van der Waals surface area contributed by atoms with Gasteiger partial charge in [-0.05, 0) is 39.3 Å². The highest BCUT2D eigenvalue weighted by Gasteiger charge is 2.11. The molecule has 0 radical (unpaired) electrons. The number of benzene rings is 1. The monoisotopic (exact) mass is 326 g/mol. The molecular weight excluding hydrogens is 296 g/mol. The first-order valence-corrected chi connectivity index (χ1v) is 8.25. The maximum atomic E-state index is 9.33. The van der Waals surface area contributed by atoms with Gasteiger partial charge in [0.2, 0.25) is 0 Å². The molecule has 0 heterocycles. The summed E-state index contributed by atoms with van der Waals surface area (Å²) < 4.78 is 22.4. The summed E-state index contributed by atoms with van der Waals surface area (Å²) in [6.07, 6.45) is -0.285. The van der Waals surface area contributed by atoms with Crippen molar-refractivity contribution in [3.8, 4) is 5.75 Å². The van der Waals surface area contributed by atoms with Crippen LogP contribution in [0.25, 0.3) is 0 Å². The zero-order valence-electron chi connectivity index (χ0n) is 14.6. The van der Waals surface area contributed by atoms with E-state index in [4.69, 9.17) is 18.9 Å². The molecule has 0 aliphatic heterocycles. The number of hydrogen-bond donors (Lipinski definition) is 1. The zero-order valence-corrected chi connectivity index (χ0v) is 14.6. The van der Waals surface area contributed by atoms with E-state index in [-0.39, 0.29) is 18.3 Å². The van der Waals surface area contributed by atoms with Gasteiger partial charge in [-0.15, -0.1) is 0 Å². The Kier molecular flexibility index (Phi) is 9.87. The molecule has 4 atom stereocenters. The molecule has 5 heteroatoms. The Labute approximate surface area is 139 Å². The van der Waals surface area contributed by atoms with Gasteiger partial charge in [-0.1, -0.05) is 25.1 Å². The van der Waals surface area contributed by atoms with Crippen molar-refractivity contribution in [3.63, 3.8) is 0 Å². The second-order valence-electron chi connectivity index (χ2n) is 5.73. The van der Waals surface area contributed by atoms with Gasteiger partial charge < -0.3 is 24.1 Å². The molecule has 5 nitrogen and oxygen atoms in total. The average Bonchev–Trinajstić information content (AvgIpc) is 2.56. The summed E-state index contributed by atoms with van der Waals surface area (Å²) in [5.41, 5.74) is 0. The molecule has 1 N–H and O–H groups in total. The molecule has 0 aliphatic rings. The summed E-state index contributed by atoms with van der Waals surface area (Å²) >= 11 is 0. The summed E-state index contributed by atoms with van der Waals surface area (Å²) in [7, 11) is 0. The lowest BCUT2D eigenvalue weighted by atomic mass is 10.3. The van der Waals surface area contributed by atoms with Crippen molar-refractivity contribution < 1.29 is 24.1 Å². The van der Waals surface area contributed by atoms with Gasteiger partial charge in [0.25, 0.3) is 0 Å². The summed E-state index contributed by atoms with van der Waals surface area (Å²) in [5.74, 6) is 0.841. The summed E-state index contributed by atoms with van der Waals surface area (Å²) in [5, 5.41) is 9.33.